The van der Waals surface area contributed by atoms with Crippen molar-refractivity contribution in [2.24, 2.45) is 0 Å². The molecule has 12 rings (SSSR count). The zero-order valence-corrected chi connectivity index (χ0v) is 32.3. The Labute approximate surface area is 345 Å². The lowest BCUT2D eigenvalue weighted by Gasteiger charge is -2.11. The number of furan rings is 1. The van der Waals surface area contributed by atoms with Gasteiger partial charge in [0, 0.05) is 43.9 Å². The van der Waals surface area contributed by atoms with Crippen molar-refractivity contribution in [2.75, 3.05) is 0 Å². The monoisotopic (exact) mass is 766 g/mol. The molecule has 3 aromatic heterocycles. The zero-order valence-electron chi connectivity index (χ0n) is 32.3. The SMILES string of the molecule is c1ccc(-c2ccc(-c3nc(-c4ccccc4)nc(-c4cccc5oc6ccc(-n7c8ccc(-c9ccccc9)cc8c8cc9ccccc9cc87)cc6c45)n3)cc2)cc1. The first-order valence-corrected chi connectivity index (χ1v) is 20.2. The fraction of sp³-hybridized carbons (Fsp3) is 0. The van der Waals surface area contributed by atoms with Crippen LogP contribution in [-0.2, 0) is 0 Å². The highest BCUT2D eigenvalue weighted by molar-refractivity contribution is 6.16. The smallest absolute Gasteiger partial charge is 0.164 e. The second-order valence-electron chi connectivity index (χ2n) is 15.2. The van der Waals surface area contributed by atoms with Gasteiger partial charge in [0.1, 0.15) is 11.2 Å². The van der Waals surface area contributed by atoms with Crippen LogP contribution >= 0.6 is 0 Å². The van der Waals surface area contributed by atoms with Crippen LogP contribution in [0.3, 0.4) is 0 Å². The van der Waals surface area contributed by atoms with Gasteiger partial charge in [-0.05, 0) is 81.6 Å². The number of benzene rings is 9. The van der Waals surface area contributed by atoms with E-state index in [1.54, 1.807) is 0 Å². The van der Waals surface area contributed by atoms with Crippen molar-refractivity contribution in [3.8, 4) is 62.1 Å². The van der Waals surface area contributed by atoms with E-state index in [-0.39, 0.29) is 0 Å². The molecule has 0 bridgehead atoms. The van der Waals surface area contributed by atoms with E-state index in [2.05, 4.69) is 162 Å². The minimum atomic E-state index is 0.585. The van der Waals surface area contributed by atoms with Gasteiger partial charge in [-0.25, -0.2) is 15.0 Å². The molecule has 12 aromatic rings. The molecule has 280 valence electrons. The van der Waals surface area contributed by atoms with Crippen LogP contribution in [-0.4, -0.2) is 19.5 Å². The molecule has 3 heterocycles. The number of rotatable bonds is 6. The summed E-state index contributed by atoms with van der Waals surface area (Å²) in [5.41, 5.74) is 12.3. The van der Waals surface area contributed by atoms with Crippen molar-refractivity contribution < 1.29 is 4.42 Å². The lowest BCUT2D eigenvalue weighted by Crippen LogP contribution is -2.00. The Morgan fingerprint density at radius 1 is 0.333 bits per heavy atom. The Bertz CT molecular complexity index is 3570. The van der Waals surface area contributed by atoms with E-state index in [9.17, 15) is 0 Å². The molecule has 0 saturated heterocycles. The zero-order chi connectivity index (χ0) is 39.6. The van der Waals surface area contributed by atoms with E-state index in [4.69, 9.17) is 19.4 Å². The molecule has 60 heavy (non-hydrogen) atoms. The summed E-state index contributed by atoms with van der Waals surface area (Å²) >= 11 is 0. The Kier molecular flexibility index (Phi) is 7.78. The second kappa shape index (κ2) is 13.8. The first kappa shape index (κ1) is 33.9. The molecule has 0 N–H and O–H groups in total. The van der Waals surface area contributed by atoms with Crippen molar-refractivity contribution in [1.82, 2.24) is 19.5 Å². The van der Waals surface area contributed by atoms with Gasteiger partial charge in [0.25, 0.3) is 0 Å². The predicted octanol–water partition coefficient (Wildman–Crippen LogP) is 14.4. The molecule has 0 saturated carbocycles. The van der Waals surface area contributed by atoms with Gasteiger partial charge in [-0.2, -0.15) is 0 Å². The van der Waals surface area contributed by atoms with E-state index in [0.29, 0.717) is 17.5 Å². The standard InChI is InChI=1S/C55H34N4O/c1-4-13-35(14-5-1)37-23-25-39(26-24-37)54-56-53(38-17-8-3-9-18-38)57-55(58-54)44-21-12-22-51-52(44)47-34-43(28-30-50(47)60-51)59-48-29-27-42(36-15-6-2-7-16-36)32-45(48)46-31-40-19-10-11-20-41(40)33-49(46)59/h1-34H. The molecule has 0 unspecified atom stereocenters. The minimum Gasteiger partial charge on any atom is -0.456 e. The normalized spacial score (nSPS) is 11.7. The maximum atomic E-state index is 6.59. The quantitative estimate of drug-likeness (QED) is 0.169. The number of hydrogen-bond acceptors (Lipinski definition) is 4. The maximum absolute atomic E-state index is 6.59. The average molecular weight is 767 g/mol. The van der Waals surface area contributed by atoms with Crippen molar-refractivity contribution in [3.05, 3.63) is 206 Å². The van der Waals surface area contributed by atoms with Crippen LogP contribution in [0, 0.1) is 0 Å². The highest BCUT2D eigenvalue weighted by Gasteiger charge is 2.20. The van der Waals surface area contributed by atoms with E-state index in [1.165, 1.54) is 32.7 Å². The molecule has 0 aliphatic carbocycles. The summed E-state index contributed by atoms with van der Waals surface area (Å²) in [5, 5.41) is 6.78. The molecule has 9 aromatic carbocycles. The summed E-state index contributed by atoms with van der Waals surface area (Å²) in [6.45, 7) is 0. The van der Waals surface area contributed by atoms with Crippen LogP contribution in [0.25, 0.3) is 117 Å². The third kappa shape index (κ3) is 5.67. The van der Waals surface area contributed by atoms with E-state index in [0.717, 1.165) is 66.5 Å². The Morgan fingerprint density at radius 3 is 1.60 bits per heavy atom. The molecule has 0 aliphatic heterocycles. The first-order valence-electron chi connectivity index (χ1n) is 20.2. The molecule has 5 heteroatoms. The molecule has 0 atom stereocenters. The highest BCUT2D eigenvalue weighted by Crippen LogP contribution is 2.41. The molecule has 5 nitrogen and oxygen atoms in total. The lowest BCUT2D eigenvalue weighted by molar-refractivity contribution is 0.669. The minimum absolute atomic E-state index is 0.585. The van der Waals surface area contributed by atoms with Crippen molar-refractivity contribution in [1.29, 1.82) is 0 Å². The maximum Gasteiger partial charge on any atom is 0.164 e. The van der Waals surface area contributed by atoms with Crippen molar-refractivity contribution >= 4 is 54.5 Å². The van der Waals surface area contributed by atoms with E-state index < -0.39 is 0 Å². The topological polar surface area (TPSA) is 56.7 Å². The van der Waals surface area contributed by atoms with Gasteiger partial charge >= 0.3 is 0 Å². The molecule has 0 amide bonds. The highest BCUT2D eigenvalue weighted by atomic mass is 16.3. The number of nitrogens with zero attached hydrogens (tertiary/aromatic N) is 4. The number of fused-ring (bicyclic) bond motifs is 7. The summed E-state index contributed by atoms with van der Waals surface area (Å²) in [6, 6.07) is 72.3. The van der Waals surface area contributed by atoms with Crippen LogP contribution in [0.2, 0.25) is 0 Å². The van der Waals surface area contributed by atoms with Gasteiger partial charge in [-0.1, -0.05) is 158 Å². The summed E-state index contributed by atoms with van der Waals surface area (Å²) in [4.78, 5) is 15.4. The Balaban J connectivity index is 1.06. The lowest BCUT2D eigenvalue weighted by atomic mass is 10.0. The summed E-state index contributed by atoms with van der Waals surface area (Å²) < 4.78 is 8.98. The first-order chi connectivity index (χ1) is 29.7. The Hall–Kier alpha value is -8.15. The third-order valence-corrected chi connectivity index (χ3v) is 11.6. The van der Waals surface area contributed by atoms with Crippen molar-refractivity contribution in [3.63, 3.8) is 0 Å². The fourth-order valence-electron chi connectivity index (χ4n) is 8.72. The Morgan fingerprint density at radius 2 is 0.883 bits per heavy atom. The van der Waals surface area contributed by atoms with Gasteiger partial charge in [0.2, 0.25) is 0 Å². The van der Waals surface area contributed by atoms with Crippen LogP contribution in [0.5, 0.6) is 0 Å². The summed E-state index contributed by atoms with van der Waals surface area (Å²) in [5.74, 6) is 1.80. The van der Waals surface area contributed by atoms with Crippen LogP contribution in [0.15, 0.2) is 211 Å². The fourth-order valence-corrected chi connectivity index (χ4v) is 8.72. The van der Waals surface area contributed by atoms with Crippen LogP contribution < -0.4 is 0 Å². The average Bonchev–Trinajstić information content (AvgIpc) is 3.86. The molecular weight excluding hydrogens is 733 g/mol. The van der Waals surface area contributed by atoms with E-state index in [1.807, 2.05) is 48.5 Å². The predicted molar refractivity (Wildman–Crippen MR) is 246 cm³/mol. The molecule has 0 fully saturated rings. The number of hydrogen-bond donors (Lipinski definition) is 0. The largest absolute Gasteiger partial charge is 0.456 e. The van der Waals surface area contributed by atoms with Crippen LogP contribution in [0.4, 0.5) is 0 Å². The molecule has 0 aliphatic rings. The molecule has 0 radical (unpaired) electrons. The van der Waals surface area contributed by atoms with Gasteiger partial charge in [-0.3, -0.25) is 0 Å². The molecule has 0 spiro atoms. The van der Waals surface area contributed by atoms with Crippen LogP contribution in [0.1, 0.15) is 0 Å². The van der Waals surface area contributed by atoms with E-state index >= 15 is 0 Å². The van der Waals surface area contributed by atoms with Gasteiger partial charge in [0.15, 0.2) is 17.5 Å². The van der Waals surface area contributed by atoms with Gasteiger partial charge in [0.05, 0.1) is 11.0 Å². The second-order valence-corrected chi connectivity index (χ2v) is 15.2. The molecular formula is C55H34N4O. The number of aromatic nitrogens is 4. The van der Waals surface area contributed by atoms with Gasteiger partial charge < -0.3 is 8.98 Å². The van der Waals surface area contributed by atoms with Gasteiger partial charge in [-0.15, -0.1) is 0 Å². The third-order valence-electron chi connectivity index (χ3n) is 11.6. The summed E-state index contributed by atoms with van der Waals surface area (Å²) in [7, 11) is 0. The summed E-state index contributed by atoms with van der Waals surface area (Å²) in [6.07, 6.45) is 0. The van der Waals surface area contributed by atoms with Crippen molar-refractivity contribution in [2.45, 2.75) is 0 Å².